The van der Waals surface area contributed by atoms with Gasteiger partial charge in [0.05, 0.1) is 44.1 Å². The summed E-state index contributed by atoms with van der Waals surface area (Å²) in [5, 5.41) is 9.35. The Morgan fingerprint density at radius 2 is 0.524 bits per heavy atom. The second-order valence-electron chi connectivity index (χ2n) is 21.2. The zero-order valence-electron chi connectivity index (χ0n) is 44.3. The maximum atomic E-state index is 5.59. The zero-order chi connectivity index (χ0) is 53.8. The lowest BCUT2D eigenvalue weighted by Gasteiger charge is -2.14. The van der Waals surface area contributed by atoms with E-state index < -0.39 is 0 Å². The summed E-state index contributed by atoms with van der Waals surface area (Å²) >= 11 is 0. The van der Waals surface area contributed by atoms with E-state index in [2.05, 4.69) is 303 Å². The number of hydrogen-bond donors (Lipinski definition) is 0. The van der Waals surface area contributed by atoms with Crippen LogP contribution in [0, 0.1) is 0 Å². The van der Waals surface area contributed by atoms with E-state index in [0.717, 1.165) is 93.9 Å². The van der Waals surface area contributed by atoms with Crippen LogP contribution in [0.3, 0.4) is 0 Å². The number of hydrogen-bond acceptors (Lipinski definition) is 3. The molecule has 0 saturated heterocycles. The molecule has 5 heterocycles. The second-order valence-corrected chi connectivity index (χ2v) is 21.2. The van der Waals surface area contributed by atoms with Gasteiger partial charge in [0.1, 0.15) is 0 Å². The quantitative estimate of drug-likeness (QED) is 0.152. The molecule has 0 N–H and O–H groups in total. The van der Waals surface area contributed by atoms with Crippen molar-refractivity contribution in [2.75, 3.05) is 0 Å². The Morgan fingerprint density at radius 1 is 0.195 bits per heavy atom. The average Bonchev–Trinajstić information content (AvgIpc) is 2.94. The van der Waals surface area contributed by atoms with Crippen molar-refractivity contribution in [3.8, 4) is 68.0 Å². The van der Waals surface area contributed by atoms with Gasteiger partial charge in [0.2, 0.25) is 11.9 Å². The highest BCUT2D eigenvalue weighted by atomic mass is 15.3. The lowest BCUT2D eigenvalue weighted by Crippen LogP contribution is -2.10. The van der Waals surface area contributed by atoms with Gasteiger partial charge in [-0.25, -0.2) is 0 Å². The third kappa shape index (κ3) is 7.06. The van der Waals surface area contributed by atoms with Crippen LogP contribution in [0.4, 0.5) is 0 Å². The van der Waals surface area contributed by atoms with E-state index in [1.54, 1.807) is 0 Å². The molecule has 0 amide bonds. The first-order valence-electron chi connectivity index (χ1n) is 27.8. The Bertz CT molecular complexity index is 5100. The van der Waals surface area contributed by atoms with Gasteiger partial charge in [-0.1, -0.05) is 200 Å². The van der Waals surface area contributed by atoms with E-state index in [1.807, 2.05) is 0 Å². The van der Waals surface area contributed by atoms with Crippen molar-refractivity contribution >= 4 is 87.2 Å². The molecule has 5 aromatic heterocycles. The number of rotatable bonds is 8. The largest absolute Gasteiger partial charge is 0.309 e. The topological polar surface area (TPSA) is 58.4 Å². The highest BCUT2D eigenvalue weighted by molar-refractivity contribution is 6.14. The lowest BCUT2D eigenvalue weighted by molar-refractivity contribution is 0.893. The molecular formula is C75H47N7. The molecule has 0 atom stereocenters. The van der Waals surface area contributed by atoms with Gasteiger partial charge >= 0.3 is 0 Å². The zero-order valence-corrected chi connectivity index (χ0v) is 44.3. The molecule has 7 nitrogen and oxygen atoms in total. The molecule has 17 rings (SSSR count). The third-order valence-electron chi connectivity index (χ3n) is 16.7. The van der Waals surface area contributed by atoms with E-state index in [9.17, 15) is 0 Å². The molecule has 0 saturated carbocycles. The molecule has 17 aromatic rings. The monoisotopic (exact) mass is 1050 g/mol. The predicted molar refractivity (Wildman–Crippen MR) is 339 cm³/mol. The fourth-order valence-electron chi connectivity index (χ4n) is 13.0. The minimum atomic E-state index is 0.528. The maximum absolute atomic E-state index is 5.59. The fraction of sp³-hybridized carbons (Fsp3) is 0. The molecule has 382 valence electrons. The minimum absolute atomic E-state index is 0.528. The third-order valence-corrected chi connectivity index (χ3v) is 16.7. The SMILES string of the molecule is c1ccc(-c2ccccc2-c2nc(-n3c4ccccc4c4cc(-c5ccc6c7ccccc7n(-c7ccccc7)c6c5)ccc43)nc(-n3c4ccccc4c4cc(-c5ccc6c7ccccc7n(-c7ccccc7)c6c5)ccc43)n2)cc1. The average molecular weight is 1050 g/mol. The number of fused-ring (bicyclic) bond motifs is 12. The van der Waals surface area contributed by atoms with Crippen molar-refractivity contribution in [2.45, 2.75) is 0 Å². The number of benzene rings is 12. The summed E-state index contributed by atoms with van der Waals surface area (Å²) < 4.78 is 9.21. The highest BCUT2D eigenvalue weighted by Gasteiger charge is 2.24. The number of nitrogens with zero attached hydrogens (tertiary/aromatic N) is 7. The van der Waals surface area contributed by atoms with Crippen LogP contribution in [0.25, 0.3) is 155 Å². The van der Waals surface area contributed by atoms with Crippen molar-refractivity contribution in [1.82, 2.24) is 33.2 Å². The van der Waals surface area contributed by atoms with Crippen LogP contribution in [-0.4, -0.2) is 33.2 Å². The summed E-state index contributed by atoms with van der Waals surface area (Å²) in [5.41, 5.74) is 18.5. The van der Waals surface area contributed by atoms with E-state index >= 15 is 0 Å². The van der Waals surface area contributed by atoms with Gasteiger partial charge in [0.25, 0.3) is 0 Å². The van der Waals surface area contributed by atoms with Crippen molar-refractivity contribution in [3.05, 3.63) is 285 Å². The minimum Gasteiger partial charge on any atom is -0.309 e. The normalized spacial score (nSPS) is 11.9. The first kappa shape index (κ1) is 45.8. The first-order valence-corrected chi connectivity index (χ1v) is 27.8. The van der Waals surface area contributed by atoms with Crippen LogP contribution in [-0.2, 0) is 0 Å². The molecule has 0 spiro atoms. The smallest absolute Gasteiger partial charge is 0.240 e. The van der Waals surface area contributed by atoms with Crippen molar-refractivity contribution in [1.29, 1.82) is 0 Å². The Morgan fingerprint density at radius 3 is 0.988 bits per heavy atom. The number of para-hydroxylation sites is 6. The van der Waals surface area contributed by atoms with Gasteiger partial charge in [-0.15, -0.1) is 0 Å². The fourth-order valence-corrected chi connectivity index (χ4v) is 13.0. The molecule has 0 aliphatic rings. The van der Waals surface area contributed by atoms with Crippen molar-refractivity contribution < 1.29 is 0 Å². The van der Waals surface area contributed by atoms with Gasteiger partial charge in [-0.05, 0) is 118 Å². The molecule has 82 heavy (non-hydrogen) atoms. The standard InChI is InChI=1S/C75H47N7/c1-4-20-48(21-5-1)55-26-10-11-31-62(55)73-76-74(81-67-34-18-14-29-58(67)63-44-49(38-42-69(63)81)51-36-40-60-56-27-12-16-32-65(56)79(71(60)46-51)53-22-6-2-7-23-53)78-75(77-73)82-68-35-19-15-30-59(68)64-45-50(39-43-70(64)82)52-37-41-61-57-28-13-17-33-66(57)80(72(61)47-52)54-24-8-3-9-25-54/h1-47H. The Balaban J connectivity index is 0.865. The molecule has 0 radical (unpaired) electrons. The highest BCUT2D eigenvalue weighted by Crippen LogP contribution is 2.42. The molecule has 0 unspecified atom stereocenters. The summed E-state index contributed by atoms with van der Waals surface area (Å²) in [6.45, 7) is 0. The van der Waals surface area contributed by atoms with Gasteiger partial charge in [-0.2, -0.15) is 15.0 Å². The molecule has 0 fully saturated rings. The molecule has 0 aliphatic carbocycles. The van der Waals surface area contributed by atoms with Crippen LogP contribution in [0.5, 0.6) is 0 Å². The summed E-state index contributed by atoms with van der Waals surface area (Å²) in [6.07, 6.45) is 0. The van der Waals surface area contributed by atoms with Crippen LogP contribution in [0.1, 0.15) is 0 Å². The van der Waals surface area contributed by atoms with Gasteiger partial charge in [-0.3, -0.25) is 9.13 Å². The van der Waals surface area contributed by atoms with Crippen molar-refractivity contribution in [3.63, 3.8) is 0 Å². The van der Waals surface area contributed by atoms with Crippen LogP contribution in [0.15, 0.2) is 285 Å². The molecular weight excluding hydrogens is 999 g/mol. The summed E-state index contributed by atoms with van der Waals surface area (Å²) in [4.78, 5) is 16.6. The first-order chi connectivity index (χ1) is 40.7. The molecule has 7 heteroatoms. The summed E-state index contributed by atoms with van der Waals surface area (Å²) in [5.74, 6) is 1.63. The van der Waals surface area contributed by atoms with E-state index in [4.69, 9.17) is 15.0 Å². The lowest BCUT2D eigenvalue weighted by atomic mass is 9.99. The maximum Gasteiger partial charge on any atom is 0.240 e. The second kappa shape index (κ2) is 18.2. The Labute approximate surface area is 471 Å². The van der Waals surface area contributed by atoms with E-state index in [-0.39, 0.29) is 0 Å². The Hall–Kier alpha value is -11.2. The predicted octanol–water partition coefficient (Wildman–Crippen LogP) is 18.9. The summed E-state index contributed by atoms with van der Waals surface area (Å²) in [6, 6.07) is 102. The summed E-state index contributed by atoms with van der Waals surface area (Å²) in [7, 11) is 0. The van der Waals surface area contributed by atoms with Crippen molar-refractivity contribution in [2.24, 2.45) is 0 Å². The molecule has 0 aliphatic heterocycles. The molecule has 0 bridgehead atoms. The Kier molecular flexibility index (Phi) is 10.2. The van der Waals surface area contributed by atoms with Crippen LogP contribution < -0.4 is 0 Å². The van der Waals surface area contributed by atoms with Crippen LogP contribution in [0.2, 0.25) is 0 Å². The molecule has 12 aromatic carbocycles. The van der Waals surface area contributed by atoms with E-state index in [1.165, 1.54) is 43.6 Å². The van der Waals surface area contributed by atoms with E-state index in [0.29, 0.717) is 17.7 Å². The number of aromatic nitrogens is 7. The van der Waals surface area contributed by atoms with Gasteiger partial charge in [0, 0.05) is 60.0 Å². The van der Waals surface area contributed by atoms with Gasteiger partial charge in [0.15, 0.2) is 5.82 Å². The van der Waals surface area contributed by atoms with Crippen LogP contribution >= 0.6 is 0 Å². The van der Waals surface area contributed by atoms with Gasteiger partial charge < -0.3 is 9.13 Å².